The van der Waals surface area contributed by atoms with Crippen molar-refractivity contribution >= 4 is 0 Å². The van der Waals surface area contributed by atoms with E-state index in [-0.39, 0.29) is 0 Å². The standard InChI is InChI=1S/C14H30N2/c1-5-12(4)16(7-3)14(11-15)9-8-13(6-2)10-14/h12-13H,5-11,15H2,1-4H3. The molecule has 3 atom stereocenters. The third-order valence-electron chi connectivity index (χ3n) is 4.72. The van der Waals surface area contributed by atoms with Crippen LogP contribution in [0.15, 0.2) is 0 Å². The zero-order valence-electron chi connectivity index (χ0n) is 11.6. The Kier molecular flexibility index (Phi) is 5.26. The van der Waals surface area contributed by atoms with E-state index < -0.39 is 0 Å². The van der Waals surface area contributed by atoms with Gasteiger partial charge in [-0.2, -0.15) is 0 Å². The van der Waals surface area contributed by atoms with Crippen LogP contribution in [0.25, 0.3) is 0 Å². The van der Waals surface area contributed by atoms with Gasteiger partial charge in [-0.1, -0.05) is 27.2 Å². The minimum atomic E-state index is 0.310. The molecule has 0 aliphatic heterocycles. The van der Waals surface area contributed by atoms with E-state index in [1.807, 2.05) is 0 Å². The van der Waals surface area contributed by atoms with Crippen LogP contribution in [0.2, 0.25) is 0 Å². The molecule has 1 fully saturated rings. The molecule has 0 saturated heterocycles. The van der Waals surface area contributed by atoms with Gasteiger partial charge in [-0.05, 0) is 45.1 Å². The van der Waals surface area contributed by atoms with E-state index >= 15 is 0 Å². The summed E-state index contributed by atoms with van der Waals surface area (Å²) in [6.45, 7) is 11.2. The summed E-state index contributed by atoms with van der Waals surface area (Å²) in [5.41, 5.74) is 6.42. The van der Waals surface area contributed by atoms with Crippen LogP contribution in [0.4, 0.5) is 0 Å². The van der Waals surface area contributed by atoms with Gasteiger partial charge in [0.15, 0.2) is 0 Å². The molecule has 1 rings (SSSR count). The summed E-state index contributed by atoms with van der Waals surface area (Å²) in [5, 5.41) is 0. The molecular weight excluding hydrogens is 196 g/mol. The number of nitrogens with zero attached hydrogens (tertiary/aromatic N) is 1. The van der Waals surface area contributed by atoms with Crippen molar-refractivity contribution in [2.24, 2.45) is 11.7 Å². The molecule has 1 aliphatic rings. The molecule has 0 spiro atoms. The first kappa shape index (κ1) is 14.0. The monoisotopic (exact) mass is 226 g/mol. The fourth-order valence-electron chi connectivity index (χ4n) is 3.46. The second kappa shape index (κ2) is 6.02. The van der Waals surface area contributed by atoms with Gasteiger partial charge in [0, 0.05) is 18.1 Å². The van der Waals surface area contributed by atoms with Gasteiger partial charge in [-0.25, -0.2) is 0 Å². The lowest BCUT2D eigenvalue weighted by molar-refractivity contribution is 0.0594. The highest BCUT2D eigenvalue weighted by Crippen LogP contribution is 2.41. The van der Waals surface area contributed by atoms with Gasteiger partial charge >= 0.3 is 0 Å². The molecule has 1 saturated carbocycles. The Morgan fingerprint density at radius 2 is 2.06 bits per heavy atom. The molecule has 2 nitrogen and oxygen atoms in total. The molecule has 2 N–H and O–H groups in total. The summed E-state index contributed by atoms with van der Waals surface area (Å²) >= 11 is 0. The van der Waals surface area contributed by atoms with Crippen molar-refractivity contribution in [1.29, 1.82) is 0 Å². The quantitative estimate of drug-likeness (QED) is 0.754. The molecule has 16 heavy (non-hydrogen) atoms. The molecule has 0 amide bonds. The summed E-state index contributed by atoms with van der Waals surface area (Å²) in [6, 6.07) is 0.671. The predicted molar refractivity (Wildman–Crippen MR) is 71.6 cm³/mol. The van der Waals surface area contributed by atoms with Crippen LogP contribution >= 0.6 is 0 Å². The van der Waals surface area contributed by atoms with Crippen molar-refractivity contribution < 1.29 is 0 Å². The molecular formula is C14H30N2. The van der Waals surface area contributed by atoms with Crippen molar-refractivity contribution in [3.05, 3.63) is 0 Å². The average molecular weight is 226 g/mol. The molecule has 0 radical (unpaired) electrons. The highest BCUT2D eigenvalue weighted by molar-refractivity contribution is 4.99. The van der Waals surface area contributed by atoms with Crippen LogP contribution in [0.1, 0.15) is 59.8 Å². The molecule has 2 heteroatoms. The van der Waals surface area contributed by atoms with Crippen molar-refractivity contribution in [1.82, 2.24) is 4.90 Å². The minimum Gasteiger partial charge on any atom is -0.329 e. The Balaban J connectivity index is 2.78. The van der Waals surface area contributed by atoms with Crippen LogP contribution in [0, 0.1) is 5.92 Å². The highest BCUT2D eigenvalue weighted by atomic mass is 15.2. The molecule has 1 aliphatic carbocycles. The van der Waals surface area contributed by atoms with Crippen molar-refractivity contribution in [3.63, 3.8) is 0 Å². The topological polar surface area (TPSA) is 29.3 Å². The maximum absolute atomic E-state index is 6.11. The largest absolute Gasteiger partial charge is 0.329 e. The van der Waals surface area contributed by atoms with Crippen molar-refractivity contribution in [3.8, 4) is 0 Å². The molecule has 0 bridgehead atoms. The Labute approximate surface area is 102 Å². The third kappa shape index (κ3) is 2.60. The van der Waals surface area contributed by atoms with Crippen LogP contribution in [-0.2, 0) is 0 Å². The number of nitrogens with two attached hydrogens (primary N) is 1. The van der Waals surface area contributed by atoms with Gasteiger partial charge in [0.25, 0.3) is 0 Å². The lowest BCUT2D eigenvalue weighted by Gasteiger charge is -2.44. The first-order valence-electron chi connectivity index (χ1n) is 7.10. The molecule has 0 aromatic rings. The molecule has 0 aromatic carbocycles. The fourth-order valence-corrected chi connectivity index (χ4v) is 3.46. The van der Waals surface area contributed by atoms with Crippen molar-refractivity contribution in [2.45, 2.75) is 71.4 Å². The van der Waals surface area contributed by atoms with Gasteiger partial charge in [-0.15, -0.1) is 0 Å². The SMILES string of the molecule is CCC1CCC(CN)(N(CC)C(C)CC)C1. The van der Waals surface area contributed by atoms with Crippen molar-refractivity contribution in [2.75, 3.05) is 13.1 Å². The number of rotatable bonds is 6. The summed E-state index contributed by atoms with van der Waals surface area (Å²) in [7, 11) is 0. The van der Waals surface area contributed by atoms with Gasteiger partial charge in [0.2, 0.25) is 0 Å². The fraction of sp³-hybridized carbons (Fsp3) is 1.00. The Morgan fingerprint density at radius 3 is 2.44 bits per heavy atom. The van der Waals surface area contributed by atoms with E-state index in [1.165, 1.54) is 32.1 Å². The second-order valence-corrected chi connectivity index (χ2v) is 5.49. The Morgan fingerprint density at radius 1 is 1.38 bits per heavy atom. The molecule has 0 aromatic heterocycles. The second-order valence-electron chi connectivity index (χ2n) is 5.49. The summed E-state index contributed by atoms with van der Waals surface area (Å²) < 4.78 is 0. The van der Waals surface area contributed by atoms with E-state index in [0.29, 0.717) is 11.6 Å². The first-order chi connectivity index (χ1) is 7.63. The number of hydrogen-bond donors (Lipinski definition) is 1. The lowest BCUT2D eigenvalue weighted by Crippen LogP contribution is -2.55. The van der Waals surface area contributed by atoms with E-state index in [1.54, 1.807) is 0 Å². The van der Waals surface area contributed by atoms with Gasteiger partial charge < -0.3 is 5.73 Å². The summed E-state index contributed by atoms with van der Waals surface area (Å²) in [6.07, 6.45) is 6.55. The van der Waals surface area contributed by atoms with Crippen LogP contribution < -0.4 is 5.73 Å². The molecule has 3 unspecified atom stereocenters. The molecule has 96 valence electrons. The van der Waals surface area contributed by atoms with Gasteiger partial charge in [-0.3, -0.25) is 4.90 Å². The Hall–Kier alpha value is -0.0800. The highest BCUT2D eigenvalue weighted by Gasteiger charge is 2.42. The Bertz CT molecular complexity index is 205. The zero-order chi connectivity index (χ0) is 12.2. The first-order valence-corrected chi connectivity index (χ1v) is 7.10. The predicted octanol–water partition coefficient (Wildman–Crippen LogP) is 3.01. The van der Waals surface area contributed by atoms with Gasteiger partial charge in [0.1, 0.15) is 0 Å². The maximum atomic E-state index is 6.11. The summed E-state index contributed by atoms with van der Waals surface area (Å²) in [4.78, 5) is 2.67. The average Bonchev–Trinajstić information content (AvgIpc) is 2.74. The lowest BCUT2D eigenvalue weighted by atomic mass is 9.91. The van der Waals surface area contributed by atoms with E-state index in [4.69, 9.17) is 5.73 Å². The normalized spacial score (nSPS) is 32.2. The summed E-state index contributed by atoms with van der Waals surface area (Å²) in [5.74, 6) is 0.904. The van der Waals surface area contributed by atoms with Crippen LogP contribution in [0.5, 0.6) is 0 Å². The van der Waals surface area contributed by atoms with E-state index in [0.717, 1.165) is 19.0 Å². The van der Waals surface area contributed by atoms with E-state index in [2.05, 4.69) is 32.6 Å². The number of hydrogen-bond acceptors (Lipinski definition) is 2. The minimum absolute atomic E-state index is 0.310. The maximum Gasteiger partial charge on any atom is 0.0337 e. The van der Waals surface area contributed by atoms with Crippen LogP contribution in [0.3, 0.4) is 0 Å². The smallest absolute Gasteiger partial charge is 0.0337 e. The zero-order valence-corrected chi connectivity index (χ0v) is 11.6. The molecule has 0 heterocycles. The van der Waals surface area contributed by atoms with Crippen LogP contribution in [-0.4, -0.2) is 29.6 Å². The van der Waals surface area contributed by atoms with Gasteiger partial charge in [0.05, 0.1) is 0 Å². The van der Waals surface area contributed by atoms with E-state index in [9.17, 15) is 0 Å². The third-order valence-corrected chi connectivity index (χ3v) is 4.72. The number of likely N-dealkylation sites (N-methyl/N-ethyl adjacent to an activating group) is 1.